The van der Waals surface area contributed by atoms with Gasteiger partial charge < -0.3 is 9.59 Å². The second kappa shape index (κ2) is 5.36. The van der Waals surface area contributed by atoms with Gasteiger partial charge in [-0.2, -0.15) is 8.42 Å². The van der Waals surface area contributed by atoms with Crippen LogP contribution in [0.5, 0.6) is 0 Å². The maximum absolute atomic E-state index is 11.1. The lowest BCUT2D eigenvalue weighted by molar-refractivity contribution is -0.903. The van der Waals surface area contributed by atoms with Crippen molar-refractivity contribution in [2.45, 2.75) is 18.4 Å². The predicted molar refractivity (Wildman–Crippen MR) is 68.8 cm³/mol. The highest BCUT2D eigenvalue weighted by Gasteiger charge is 2.18. The van der Waals surface area contributed by atoms with Gasteiger partial charge in [-0.3, -0.25) is 4.55 Å². The summed E-state index contributed by atoms with van der Waals surface area (Å²) < 4.78 is 31.8. The number of quaternary nitrogens is 1. The molecule has 2 N–H and O–H groups in total. The minimum Gasteiger partial charge on any atom is -0.391 e. The molecule has 0 aliphatic carbocycles. The Balaban J connectivity index is 3.10. The molecule has 18 heavy (non-hydrogen) atoms. The molecule has 0 atom stereocenters. The van der Waals surface area contributed by atoms with Crippen LogP contribution in [-0.4, -0.2) is 49.8 Å². The van der Waals surface area contributed by atoms with E-state index in [1.165, 1.54) is 12.1 Å². The molecule has 0 aromatic heterocycles. The van der Waals surface area contributed by atoms with Crippen molar-refractivity contribution in [2.75, 3.05) is 27.2 Å². The molecule has 0 fully saturated rings. The summed E-state index contributed by atoms with van der Waals surface area (Å²) in [4.78, 5) is -0.0906. The highest BCUT2D eigenvalue weighted by molar-refractivity contribution is 7.85. The second-order valence-corrected chi connectivity index (χ2v) is 6.53. The van der Waals surface area contributed by atoms with Gasteiger partial charge in [-0.15, -0.1) is 0 Å². The molecule has 1 rings (SSSR count). The highest BCUT2D eigenvalue weighted by Crippen LogP contribution is 2.18. The van der Waals surface area contributed by atoms with Crippen molar-refractivity contribution in [3.05, 3.63) is 29.3 Å². The molecule has 0 bridgehead atoms. The maximum Gasteiger partial charge on any atom is 0.294 e. The molecule has 0 saturated carbocycles. The van der Waals surface area contributed by atoms with Crippen molar-refractivity contribution < 1.29 is 22.6 Å². The minimum atomic E-state index is -4.17. The van der Waals surface area contributed by atoms with Crippen molar-refractivity contribution in [1.29, 1.82) is 0 Å². The average molecular weight is 274 g/mol. The fraction of sp³-hybridized carbons (Fsp3) is 0.500. The van der Waals surface area contributed by atoms with Gasteiger partial charge in [-0.25, -0.2) is 0 Å². The molecule has 0 aliphatic heterocycles. The fourth-order valence-electron chi connectivity index (χ4n) is 1.79. The Morgan fingerprint density at radius 3 is 2.39 bits per heavy atom. The van der Waals surface area contributed by atoms with Crippen molar-refractivity contribution in [2.24, 2.45) is 0 Å². The SMILES string of the molecule is Cc1ccc(S(=O)(=O)O)cc1C[N+](C)(C)CCO. The smallest absolute Gasteiger partial charge is 0.294 e. The molecule has 0 aliphatic rings. The molecular formula is C12H20NO4S+. The molecule has 0 amide bonds. The number of nitrogens with zero attached hydrogens (tertiary/aromatic N) is 1. The van der Waals surface area contributed by atoms with E-state index < -0.39 is 10.1 Å². The largest absolute Gasteiger partial charge is 0.391 e. The molecule has 1 aromatic carbocycles. The summed E-state index contributed by atoms with van der Waals surface area (Å²) in [6.07, 6.45) is 0. The second-order valence-electron chi connectivity index (χ2n) is 5.10. The number of benzene rings is 1. The monoisotopic (exact) mass is 274 g/mol. The van der Waals surface area contributed by atoms with E-state index in [4.69, 9.17) is 9.66 Å². The number of likely N-dealkylation sites (N-methyl/N-ethyl adjacent to an activating group) is 1. The van der Waals surface area contributed by atoms with Gasteiger partial charge >= 0.3 is 0 Å². The Bertz CT molecular complexity index is 523. The first-order chi connectivity index (χ1) is 8.15. The van der Waals surface area contributed by atoms with E-state index in [-0.39, 0.29) is 11.5 Å². The normalized spacial score (nSPS) is 12.7. The van der Waals surface area contributed by atoms with E-state index in [1.54, 1.807) is 6.07 Å². The van der Waals surface area contributed by atoms with Crippen LogP contribution in [0.1, 0.15) is 11.1 Å². The average Bonchev–Trinajstić information content (AvgIpc) is 2.19. The minimum absolute atomic E-state index is 0.0734. The van der Waals surface area contributed by atoms with Crippen molar-refractivity contribution >= 4 is 10.1 Å². The Hall–Kier alpha value is -0.950. The first-order valence-electron chi connectivity index (χ1n) is 5.65. The Morgan fingerprint density at radius 2 is 1.89 bits per heavy atom. The molecule has 0 radical (unpaired) electrons. The zero-order valence-corrected chi connectivity index (χ0v) is 11.7. The number of aryl methyl sites for hydroxylation is 1. The Morgan fingerprint density at radius 1 is 1.28 bits per heavy atom. The zero-order chi connectivity index (χ0) is 14.0. The Kier molecular flexibility index (Phi) is 4.50. The van der Waals surface area contributed by atoms with Gasteiger partial charge in [0.2, 0.25) is 0 Å². The van der Waals surface area contributed by atoms with E-state index in [9.17, 15) is 8.42 Å². The lowest BCUT2D eigenvalue weighted by Gasteiger charge is -2.29. The van der Waals surface area contributed by atoms with E-state index in [1.807, 2.05) is 21.0 Å². The van der Waals surface area contributed by atoms with Crippen LogP contribution in [0.15, 0.2) is 23.1 Å². The van der Waals surface area contributed by atoms with Crippen LogP contribution in [0, 0.1) is 6.92 Å². The molecule has 5 nitrogen and oxygen atoms in total. The first kappa shape index (κ1) is 15.1. The van der Waals surface area contributed by atoms with E-state index in [0.29, 0.717) is 17.6 Å². The predicted octanol–water partition coefficient (Wildman–Crippen LogP) is 0.810. The molecule has 1 aromatic rings. The van der Waals surface area contributed by atoms with Crippen LogP contribution in [0.3, 0.4) is 0 Å². The van der Waals surface area contributed by atoms with Gasteiger partial charge in [0.15, 0.2) is 0 Å². The number of aliphatic hydroxyl groups excluding tert-OH is 1. The molecule has 0 saturated heterocycles. The summed E-state index contributed by atoms with van der Waals surface area (Å²) in [6.45, 7) is 3.14. The maximum atomic E-state index is 11.1. The summed E-state index contributed by atoms with van der Waals surface area (Å²) >= 11 is 0. The first-order valence-corrected chi connectivity index (χ1v) is 7.09. The van der Waals surface area contributed by atoms with Crippen LogP contribution in [0.4, 0.5) is 0 Å². The fourth-order valence-corrected chi connectivity index (χ4v) is 2.32. The lowest BCUT2D eigenvalue weighted by atomic mass is 10.1. The molecule has 6 heteroatoms. The van der Waals surface area contributed by atoms with E-state index in [2.05, 4.69) is 0 Å². The molecule has 102 valence electrons. The van der Waals surface area contributed by atoms with Crippen LogP contribution in [-0.2, 0) is 16.7 Å². The van der Waals surface area contributed by atoms with Gasteiger partial charge in [0.05, 0.1) is 25.6 Å². The molecule has 0 heterocycles. The van der Waals surface area contributed by atoms with Crippen molar-refractivity contribution in [3.63, 3.8) is 0 Å². The van der Waals surface area contributed by atoms with Gasteiger partial charge in [0, 0.05) is 5.56 Å². The topological polar surface area (TPSA) is 74.6 Å². The van der Waals surface area contributed by atoms with E-state index in [0.717, 1.165) is 11.1 Å². The Labute approximate surface area is 108 Å². The molecular weight excluding hydrogens is 254 g/mol. The van der Waals surface area contributed by atoms with Gasteiger partial charge in [-0.05, 0) is 24.6 Å². The summed E-state index contributed by atoms with van der Waals surface area (Å²) in [5, 5.41) is 8.98. The highest BCUT2D eigenvalue weighted by atomic mass is 32.2. The summed E-state index contributed by atoms with van der Waals surface area (Å²) in [6, 6.07) is 4.56. The zero-order valence-electron chi connectivity index (χ0n) is 10.9. The summed E-state index contributed by atoms with van der Waals surface area (Å²) in [7, 11) is -0.258. The van der Waals surface area contributed by atoms with Crippen molar-refractivity contribution in [3.8, 4) is 0 Å². The summed E-state index contributed by atoms with van der Waals surface area (Å²) in [5.41, 5.74) is 1.81. The van der Waals surface area contributed by atoms with Gasteiger partial charge in [-0.1, -0.05) is 6.07 Å². The third kappa shape index (κ3) is 4.06. The molecule has 0 spiro atoms. The quantitative estimate of drug-likeness (QED) is 0.615. The number of hydrogen-bond acceptors (Lipinski definition) is 3. The van der Waals surface area contributed by atoms with Crippen LogP contribution in [0.25, 0.3) is 0 Å². The third-order valence-corrected chi connectivity index (χ3v) is 3.77. The number of hydrogen-bond donors (Lipinski definition) is 2. The number of rotatable bonds is 5. The van der Waals surface area contributed by atoms with Gasteiger partial charge in [0.25, 0.3) is 10.1 Å². The van der Waals surface area contributed by atoms with Gasteiger partial charge in [0.1, 0.15) is 13.1 Å². The summed E-state index contributed by atoms with van der Waals surface area (Å²) in [5.74, 6) is 0. The standard InChI is InChI=1S/C12H19NO4S/c1-10-4-5-12(18(15,16)17)8-11(10)9-13(2,3)6-7-14/h4-5,8,14H,6-7,9H2,1-3H3/p+1. The van der Waals surface area contributed by atoms with Crippen LogP contribution >= 0.6 is 0 Å². The van der Waals surface area contributed by atoms with Crippen LogP contribution in [0.2, 0.25) is 0 Å². The molecule has 0 unspecified atom stereocenters. The lowest BCUT2D eigenvalue weighted by Crippen LogP contribution is -2.41. The van der Waals surface area contributed by atoms with Crippen molar-refractivity contribution in [1.82, 2.24) is 0 Å². The number of aliphatic hydroxyl groups is 1. The van der Waals surface area contributed by atoms with Crippen LogP contribution < -0.4 is 0 Å². The van der Waals surface area contributed by atoms with E-state index >= 15 is 0 Å². The third-order valence-electron chi connectivity index (χ3n) is 2.92.